The van der Waals surface area contributed by atoms with Crippen LogP contribution in [-0.2, 0) is 4.79 Å². The van der Waals surface area contributed by atoms with Crippen LogP contribution < -0.4 is 5.32 Å². The highest BCUT2D eigenvalue weighted by molar-refractivity contribution is 5.79. The Balaban J connectivity index is 1.39. The first-order valence-corrected chi connectivity index (χ1v) is 9.62. The predicted octanol–water partition coefficient (Wildman–Crippen LogP) is 1.00. The van der Waals surface area contributed by atoms with Gasteiger partial charge in [-0.25, -0.2) is 0 Å². The van der Waals surface area contributed by atoms with Gasteiger partial charge in [-0.2, -0.15) is 0 Å². The second-order valence-electron chi connectivity index (χ2n) is 7.70. The van der Waals surface area contributed by atoms with Gasteiger partial charge in [0.1, 0.15) is 0 Å². The highest BCUT2D eigenvalue weighted by Crippen LogP contribution is 2.23. The Morgan fingerprint density at radius 2 is 1.52 bits per heavy atom. The molecule has 1 amide bonds. The summed E-state index contributed by atoms with van der Waals surface area (Å²) in [6.07, 6.45) is 4.73. The number of nitrogens with zero attached hydrogens (tertiary/aromatic N) is 3. The largest absolute Gasteiger partial charge is 0.340 e. The van der Waals surface area contributed by atoms with Crippen molar-refractivity contribution in [1.29, 1.82) is 0 Å². The SMILES string of the molecule is C[C@H]1CC[C@H](C)N1CCN1CCN(C(=O)C2CCNCC2)CC1. The maximum atomic E-state index is 12.6. The van der Waals surface area contributed by atoms with Crippen LogP contribution in [0.15, 0.2) is 0 Å². The lowest BCUT2D eigenvalue weighted by atomic mass is 9.96. The Morgan fingerprint density at radius 1 is 0.913 bits per heavy atom. The molecule has 0 aromatic heterocycles. The predicted molar refractivity (Wildman–Crippen MR) is 93.5 cm³/mol. The van der Waals surface area contributed by atoms with Gasteiger partial charge in [0.25, 0.3) is 0 Å². The molecule has 3 rings (SSSR count). The fourth-order valence-electron chi connectivity index (χ4n) is 4.47. The van der Waals surface area contributed by atoms with E-state index in [2.05, 4.69) is 33.9 Å². The Hall–Kier alpha value is -0.650. The van der Waals surface area contributed by atoms with Crippen molar-refractivity contribution in [2.24, 2.45) is 5.92 Å². The van der Waals surface area contributed by atoms with Gasteiger partial charge in [0.05, 0.1) is 0 Å². The van der Waals surface area contributed by atoms with Crippen molar-refractivity contribution in [3.63, 3.8) is 0 Å². The van der Waals surface area contributed by atoms with Gasteiger partial charge >= 0.3 is 0 Å². The normalized spacial score (nSPS) is 31.7. The summed E-state index contributed by atoms with van der Waals surface area (Å²) in [6, 6.07) is 1.49. The molecule has 1 N–H and O–H groups in total. The lowest BCUT2D eigenvalue weighted by Crippen LogP contribution is -2.52. The maximum Gasteiger partial charge on any atom is 0.225 e. The minimum absolute atomic E-state index is 0.272. The molecule has 3 saturated heterocycles. The van der Waals surface area contributed by atoms with Crippen LogP contribution in [0.1, 0.15) is 39.5 Å². The molecule has 3 heterocycles. The number of rotatable bonds is 4. The number of piperazine rings is 1. The fraction of sp³-hybridized carbons (Fsp3) is 0.944. The van der Waals surface area contributed by atoms with E-state index in [-0.39, 0.29) is 5.92 Å². The van der Waals surface area contributed by atoms with Gasteiger partial charge < -0.3 is 10.2 Å². The Labute approximate surface area is 141 Å². The monoisotopic (exact) mass is 322 g/mol. The average molecular weight is 322 g/mol. The number of carbonyl (C=O) groups is 1. The molecule has 0 aromatic carbocycles. The standard InChI is InChI=1S/C18H34N4O/c1-15-3-4-16(2)22(15)14-11-20-9-12-21(13-10-20)18(23)17-5-7-19-8-6-17/h15-17,19H,3-14H2,1-2H3/t15-,16-/m0/s1. The summed E-state index contributed by atoms with van der Waals surface area (Å²) in [6.45, 7) is 13.0. The van der Waals surface area contributed by atoms with Crippen LogP contribution >= 0.6 is 0 Å². The lowest BCUT2D eigenvalue weighted by Gasteiger charge is -2.38. The number of hydrogen-bond acceptors (Lipinski definition) is 4. The molecule has 0 spiro atoms. The molecule has 2 atom stereocenters. The first-order valence-electron chi connectivity index (χ1n) is 9.62. The van der Waals surface area contributed by atoms with Crippen molar-refractivity contribution >= 4 is 5.91 Å². The van der Waals surface area contributed by atoms with Gasteiger partial charge in [-0.05, 0) is 52.6 Å². The van der Waals surface area contributed by atoms with E-state index >= 15 is 0 Å². The van der Waals surface area contributed by atoms with Gasteiger partial charge in [0.2, 0.25) is 5.91 Å². The Morgan fingerprint density at radius 3 is 2.13 bits per heavy atom. The minimum atomic E-state index is 0.272. The molecule has 0 aromatic rings. The van der Waals surface area contributed by atoms with E-state index in [4.69, 9.17) is 0 Å². The third-order valence-electron chi connectivity index (χ3n) is 6.18. The zero-order chi connectivity index (χ0) is 16.2. The second-order valence-corrected chi connectivity index (χ2v) is 7.70. The second kappa shape index (κ2) is 7.95. The third-order valence-corrected chi connectivity index (χ3v) is 6.18. The van der Waals surface area contributed by atoms with E-state index in [1.807, 2.05) is 0 Å². The van der Waals surface area contributed by atoms with Gasteiger partial charge in [-0.15, -0.1) is 0 Å². The van der Waals surface area contributed by atoms with Crippen molar-refractivity contribution in [3.8, 4) is 0 Å². The molecule has 5 nitrogen and oxygen atoms in total. The molecule has 0 bridgehead atoms. The molecular weight excluding hydrogens is 288 g/mol. The van der Waals surface area contributed by atoms with Crippen LogP contribution in [0.25, 0.3) is 0 Å². The molecule has 132 valence electrons. The van der Waals surface area contributed by atoms with E-state index in [1.165, 1.54) is 19.4 Å². The summed E-state index contributed by atoms with van der Waals surface area (Å²) < 4.78 is 0. The van der Waals surface area contributed by atoms with E-state index < -0.39 is 0 Å². The first kappa shape index (κ1) is 17.2. The van der Waals surface area contributed by atoms with E-state index in [0.717, 1.165) is 70.7 Å². The Kier molecular flexibility index (Phi) is 5.94. The van der Waals surface area contributed by atoms with E-state index in [0.29, 0.717) is 5.91 Å². The zero-order valence-corrected chi connectivity index (χ0v) is 15.0. The van der Waals surface area contributed by atoms with Crippen molar-refractivity contribution in [2.45, 2.75) is 51.6 Å². The molecule has 0 radical (unpaired) electrons. The summed E-state index contributed by atoms with van der Waals surface area (Å²) in [4.78, 5) is 19.9. The van der Waals surface area contributed by atoms with Crippen LogP contribution in [0.4, 0.5) is 0 Å². The molecule has 0 saturated carbocycles. The quantitative estimate of drug-likeness (QED) is 0.838. The van der Waals surface area contributed by atoms with Crippen molar-refractivity contribution in [3.05, 3.63) is 0 Å². The summed E-state index contributed by atoms with van der Waals surface area (Å²) in [5.74, 6) is 0.682. The van der Waals surface area contributed by atoms with Crippen molar-refractivity contribution in [1.82, 2.24) is 20.0 Å². The molecule has 0 aliphatic carbocycles. The summed E-state index contributed by atoms with van der Waals surface area (Å²) in [7, 11) is 0. The molecule has 23 heavy (non-hydrogen) atoms. The number of piperidine rings is 1. The topological polar surface area (TPSA) is 38.8 Å². The van der Waals surface area contributed by atoms with Gasteiger partial charge in [-0.3, -0.25) is 14.6 Å². The Bertz CT molecular complexity index is 378. The third kappa shape index (κ3) is 4.25. The smallest absolute Gasteiger partial charge is 0.225 e. The first-order chi connectivity index (χ1) is 11.1. The zero-order valence-electron chi connectivity index (χ0n) is 15.0. The fourth-order valence-corrected chi connectivity index (χ4v) is 4.47. The van der Waals surface area contributed by atoms with Gasteiger partial charge in [0, 0.05) is 57.3 Å². The minimum Gasteiger partial charge on any atom is -0.340 e. The van der Waals surface area contributed by atoms with Crippen LogP contribution in [0.3, 0.4) is 0 Å². The summed E-state index contributed by atoms with van der Waals surface area (Å²) >= 11 is 0. The van der Waals surface area contributed by atoms with E-state index in [1.54, 1.807) is 0 Å². The number of hydrogen-bond donors (Lipinski definition) is 1. The molecule has 3 aliphatic heterocycles. The summed E-state index contributed by atoms with van der Waals surface area (Å²) in [5.41, 5.74) is 0. The average Bonchev–Trinajstić information content (AvgIpc) is 2.92. The van der Waals surface area contributed by atoms with Gasteiger partial charge in [-0.1, -0.05) is 0 Å². The highest BCUT2D eigenvalue weighted by atomic mass is 16.2. The van der Waals surface area contributed by atoms with Crippen molar-refractivity contribution < 1.29 is 4.79 Å². The summed E-state index contributed by atoms with van der Waals surface area (Å²) in [5, 5.41) is 3.35. The lowest BCUT2D eigenvalue weighted by molar-refractivity contribution is -0.138. The molecular formula is C18H34N4O. The van der Waals surface area contributed by atoms with E-state index in [9.17, 15) is 4.79 Å². The number of amides is 1. The molecule has 0 unspecified atom stereocenters. The van der Waals surface area contributed by atoms with Crippen molar-refractivity contribution in [2.75, 3.05) is 52.4 Å². The number of carbonyl (C=O) groups excluding carboxylic acids is 1. The van der Waals surface area contributed by atoms with Crippen LogP contribution in [0.2, 0.25) is 0 Å². The van der Waals surface area contributed by atoms with Crippen LogP contribution in [0.5, 0.6) is 0 Å². The van der Waals surface area contributed by atoms with Gasteiger partial charge in [0.15, 0.2) is 0 Å². The van der Waals surface area contributed by atoms with Crippen LogP contribution in [0, 0.1) is 5.92 Å². The van der Waals surface area contributed by atoms with Crippen LogP contribution in [-0.4, -0.2) is 85.0 Å². The number of nitrogens with one attached hydrogen (secondary N) is 1. The molecule has 3 fully saturated rings. The molecule has 5 heteroatoms. The highest BCUT2D eigenvalue weighted by Gasteiger charge is 2.30. The number of likely N-dealkylation sites (tertiary alicyclic amines) is 1. The maximum absolute atomic E-state index is 12.6. The molecule has 3 aliphatic rings.